The number of rotatable bonds is 4. The number of anilines is 1. The molecule has 0 heterocycles. The second kappa shape index (κ2) is 5.74. The highest BCUT2D eigenvalue weighted by molar-refractivity contribution is 5.98. The van der Waals surface area contributed by atoms with Crippen LogP contribution in [0.2, 0.25) is 0 Å². The first kappa shape index (κ1) is 14.1. The molecule has 104 valence electrons. The van der Waals surface area contributed by atoms with Crippen molar-refractivity contribution in [1.29, 1.82) is 0 Å². The van der Waals surface area contributed by atoms with E-state index < -0.39 is 5.54 Å². The molecular weight excluding hydrogens is 236 g/mol. The second-order valence-electron chi connectivity index (χ2n) is 5.76. The van der Waals surface area contributed by atoms with Crippen molar-refractivity contribution in [2.45, 2.75) is 52.0 Å². The molecule has 0 saturated heterocycles. The fourth-order valence-electron chi connectivity index (χ4n) is 2.70. The van der Waals surface area contributed by atoms with Crippen molar-refractivity contribution < 1.29 is 4.79 Å². The third kappa shape index (κ3) is 3.16. The maximum Gasteiger partial charge on any atom is 0.244 e. The van der Waals surface area contributed by atoms with Gasteiger partial charge in [0.05, 0.1) is 5.54 Å². The molecule has 1 aliphatic rings. The maximum atomic E-state index is 12.3. The number of amides is 1. The number of carbonyl (C=O) groups is 1. The van der Waals surface area contributed by atoms with Crippen molar-refractivity contribution in [3.63, 3.8) is 0 Å². The van der Waals surface area contributed by atoms with Crippen molar-refractivity contribution in [3.8, 4) is 0 Å². The van der Waals surface area contributed by atoms with Crippen LogP contribution in [0.4, 0.5) is 5.69 Å². The molecule has 0 radical (unpaired) electrons. The number of likely N-dealkylation sites (N-methyl/N-ethyl adjacent to an activating group) is 1. The molecule has 0 atom stereocenters. The number of carbonyl (C=O) groups excluding carboxylic acids is 1. The number of aryl methyl sites for hydroxylation is 1. The topological polar surface area (TPSA) is 41.1 Å². The summed E-state index contributed by atoms with van der Waals surface area (Å²) in [6.07, 6.45) is 4.69. The normalized spacial score (nSPS) is 14.9. The van der Waals surface area contributed by atoms with E-state index in [-0.39, 0.29) is 5.91 Å². The molecule has 3 heteroatoms. The minimum atomic E-state index is -0.536. The lowest BCUT2D eigenvalue weighted by atomic mass is 9.90. The Balaban J connectivity index is 2.17. The molecule has 19 heavy (non-hydrogen) atoms. The van der Waals surface area contributed by atoms with Crippen LogP contribution in [0.25, 0.3) is 0 Å². The molecule has 1 aromatic carbocycles. The van der Waals surface area contributed by atoms with Crippen LogP contribution in [0, 0.1) is 0 Å². The summed E-state index contributed by atoms with van der Waals surface area (Å²) in [6.45, 7) is 6.63. The summed E-state index contributed by atoms with van der Waals surface area (Å²) >= 11 is 0. The molecule has 1 amide bonds. The molecule has 0 spiro atoms. The van der Waals surface area contributed by atoms with Crippen molar-refractivity contribution in [3.05, 3.63) is 29.3 Å². The smallest absolute Gasteiger partial charge is 0.244 e. The Morgan fingerprint density at radius 3 is 2.74 bits per heavy atom. The van der Waals surface area contributed by atoms with Crippen molar-refractivity contribution in [2.75, 3.05) is 11.9 Å². The van der Waals surface area contributed by atoms with Gasteiger partial charge in [-0.1, -0.05) is 19.1 Å². The zero-order valence-corrected chi connectivity index (χ0v) is 12.2. The molecule has 0 aliphatic heterocycles. The first-order valence-electron chi connectivity index (χ1n) is 7.22. The van der Waals surface area contributed by atoms with E-state index in [1.165, 1.54) is 24.0 Å². The number of fused-ring (bicyclic) bond motifs is 1. The Morgan fingerprint density at radius 1 is 1.26 bits per heavy atom. The quantitative estimate of drug-likeness (QED) is 0.874. The van der Waals surface area contributed by atoms with Crippen LogP contribution in [-0.2, 0) is 17.6 Å². The molecule has 0 saturated carbocycles. The van der Waals surface area contributed by atoms with Crippen LogP contribution in [0.1, 0.15) is 44.7 Å². The van der Waals surface area contributed by atoms with E-state index in [1.807, 2.05) is 32.9 Å². The summed E-state index contributed by atoms with van der Waals surface area (Å²) in [5, 5.41) is 6.30. The summed E-state index contributed by atoms with van der Waals surface area (Å²) in [5.41, 5.74) is 3.18. The lowest BCUT2D eigenvalue weighted by Gasteiger charge is -2.26. The van der Waals surface area contributed by atoms with Crippen LogP contribution >= 0.6 is 0 Å². The summed E-state index contributed by atoms with van der Waals surface area (Å²) in [4.78, 5) is 12.3. The maximum absolute atomic E-state index is 12.3. The van der Waals surface area contributed by atoms with Gasteiger partial charge in [-0.05, 0) is 63.3 Å². The summed E-state index contributed by atoms with van der Waals surface area (Å²) in [5.74, 6) is 0.0355. The first-order chi connectivity index (χ1) is 9.04. The molecule has 1 aliphatic carbocycles. The third-order valence-electron chi connectivity index (χ3n) is 3.83. The Morgan fingerprint density at radius 2 is 2.00 bits per heavy atom. The minimum Gasteiger partial charge on any atom is -0.324 e. The molecular formula is C16H24N2O. The van der Waals surface area contributed by atoms with Gasteiger partial charge in [-0.25, -0.2) is 0 Å². The highest BCUT2D eigenvalue weighted by Crippen LogP contribution is 2.28. The van der Waals surface area contributed by atoms with Gasteiger partial charge in [0.15, 0.2) is 0 Å². The summed E-state index contributed by atoms with van der Waals surface area (Å²) in [6, 6.07) is 6.24. The summed E-state index contributed by atoms with van der Waals surface area (Å²) in [7, 11) is 0. The van der Waals surface area contributed by atoms with Crippen LogP contribution < -0.4 is 10.6 Å². The molecule has 0 bridgehead atoms. The van der Waals surface area contributed by atoms with E-state index in [1.54, 1.807) is 0 Å². The monoisotopic (exact) mass is 260 g/mol. The first-order valence-corrected chi connectivity index (χ1v) is 7.22. The largest absolute Gasteiger partial charge is 0.324 e. The van der Waals surface area contributed by atoms with Gasteiger partial charge in [-0.15, -0.1) is 0 Å². The SMILES string of the molecule is CCNC(C)(C)C(=O)Nc1cccc2c1CCCC2. The lowest BCUT2D eigenvalue weighted by molar-refractivity contribution is -0.121. The third-order valence-corrected chi connectivity index (χ3v) is 3.83. The fraction of sp³-hybridized carbons (Fsp3) is 0.562. The number of benzene rings is 1. The Bertz CT molecular complexity index is 466. The molecule has 1 aromatic rings. The van der Waals surface area contributed by atoms with Crippen LogP contribution in [0.5, 0.6) is 0 Å². The van der Waals surface area contributed by atoms with Crippen LogP contribution in [0.15, 0.2) is 18.2 Å². The Kier molecular flexibility index (Phi) is 4.25. The Hall–Kier alpha value is -1.35. The van der Waals surface area contributed by atoms with Gasteiger partial charge in [0.1, 0.15) is 0 Å². The van der Waals surface area contributed by atoms with E-state index in [4.69, 9.17) is 0 Å². The second-order valence-corrected chi connectivity index (χ2v) is 5.76. The molecule has 2 rings (SSSR count). The van der Waals surface area contributed by atoms with Gasteiger partial charge in [0.2, 0.25) is 5.91 Å². The number of hydrogen-bond donors (Lipinski definition) is 2. The van der Waals surface area contributed by atoms with Gasteiger partial charge in [0, 0.05) is 5.69 Å². The standard InChI is InChI=1S/C16H24N2O/c1-4-17-16(2,3)15(19)18-14-11-7-9-12-8-5-6-10-13(12)14/h7,9,11,17H,4-6,8,10H2,1-3H3,(H,18,19). The van der Waals surface area contributed by atoms with E-state index in [0.717, 1.165) is 25.1 Å². The van der Waals surface area contributed by atoms with Crippen molar-refractivity contribution in [2.24, 2.45) is 0 Å². The predicted molar refractivity (Wildman–Crippen MR) is 79.5 cm³/mol. The number of hydrogen-bond acceptors (Lipinski definition) is 2. The molecule has 0 aromatic heterocycles. The van der Waals surface area contributed by atoms with E-state index >= 15 is 0 Å². The highest BCUT2D eigenvalue weighted by atomic mass is 16.2. The van der Waals surface area contributed by atoms with Gasteiger partial charge < -0.3 is 10.6 Å². The highest BCUT2D eigenvalue weighted by Gasteiger charge is 2.27. The van der Waals surface area contributed by atoms with Gasteiger partial charge in [0.25, 0.3) is 0 Å². The van der Waals surface area contributed by atoms with Crippen molar-refractivity contribution >= 4 is 11.6 Å². The number of nitrogens with one attached hydrogen (secondary N) is 2. The predicted octanol–water partition coefficient (Wildman–Crippen LogP) is 2.89. The zero-order chi connectivity index (χ0) is 13.9. The molecule has 0 fully saturated rings. The minimum absolute atomic E-state index is 0.0355. The van der Waals surface area contributed by atoms with Crippen molar-refractivity contribution in [1.82, 2.24) is 5.32 Å². The van der Waals surface area contributed by atoms with Crippen LogP contribution in [0.3, 0.4) is 0 Å². The molecule has 3 nitrogen and oxygen atoms in total. The average Bonchev–Trinajstić information content (AvgIpc) is 2.39. The average molecular weight is 260 g/mol. The molecule has 0 unspecified atom stereocenters. The Labute approximate surface area is 115 Å². The van der Waals surface area contributed by atoms with Gasteiger partial charge in [-0.2, -0.15) is 0 Å². The summed E-state index contributed by atoms with van der Waals surface area (Å²) < 4.78 is 0. The fourth-order valence-corrected chi connectivity index (χ4v) is 2.70. The van der Waals surface area contributed by atoms with E-state index in [9.17, 15) is 4.79 Å². The van der Waals surface area contributed by atoms with Gasteiger partial charge >= 0.3 is 0 Å². The van der Waals surface area contributed by atoms with Gasteiger partial charge in [-0.3, -0.25) is 4.79 Å². The van der Waals surface area contributed by atoms with Crippen LogP contribution in [-0.4, -0.2) is 18.0 Å². The molecule has 2 N–H and O–H groups in total. The lowest BCUT2D eigenvalue weighted by Crippen LogP contribution is -2.49. The van der Waals surface area contributed by atoms with E-state index in [2.05, 4.69) is 16.7 Å². The van der Waals surface area contributed by atoms with E-state index in [0.29, 0.717) is 0 Å². The zero-order valence-electron chi connectivity index (χ0n) is 12.2.